The van der Waals surface area contributed by atoms with Crippen LogP contribution < -0.4 is 16.2 Å². The Morgan fingerprint density at radius 2 is 2.12 bits per heavy atom. The maximum atomic E-state index is 12.2. The van der Waals surface area contributed by atoms with Crippen molar-refractivity contribution in [2.45, 2.75) is 26.2 Å². The Labute approximate surface area is 148 Å². The topological polar surface area (TPSA) is 100 Å². The summed E-state index contributed by atoms with van der Waals surface area (Å²) >= 11 is 1.47. The minimum absolute atomic E-state index is 0.247. The van der Waals surface area contributed by atoms with Gasteiger partial charge in [0.2, 0.25) is 0 Å². The van der Waals surface area contributed by atoms with Gasteiger partial charge in [0, 0.05) is 4.88 Å². The fraction of sp³-hybridized carbons (Fsp3) is 0.353. The van der Waals surface area contributed by atoms with Crippen LogP contribution in [0.5, 0.6) is 0 Å². The molecule has 0 fully saturated rings. The van der Waals surface area contributed by atoms with E-state index in [2.05, 4.69) is 23.1 Å². The number of hydrogen-bond donors (Lipinski definition) is 3. The number of fused-ring (bicyclic) bond motifs is 1. The van der Waals surface area contributed by atoms with E-state index in [1.54, 1.807) is 0 Å². The number of thiophene rings is 1. The third kappa shape index (κ3) is 4.27. The van der Waals surface area contributed by atoms with Gasteiger partial charge in [-0.2, -0.15) is 0 Å². The van der Waals surface area contributed by atoms with E-state index >= 15 is 0 Å². The van der Waals surface area contributed by atoms with Gasteiger partial charge in [0.25, 0.3) is 17.7 Å². The Bertz CT molecular complexity index is 782. The van der Waals surface area contributed by atoms with E-state index in [4.69, 9.17) is 4.42 Å². The third-order valence-electron chi connectivity index (χ3n) is 4.06. The Balaban J connectivity index is 1.46. The Hall–Kier alpha value is -2.61. The van der Waals surface area contributed by atoms with Gasteiger partial charge in [-0.15, -0.1) is 11.3 Å². The zero-order valence-corrected chi connectivity index (χ0v) is 14.6. The molecule has 0 bridgehead atoms. The van der Waals surface area contributed by atoms with Crippen molar-refractivity contribution in [2.75, 3.05) is 6.54 Å². The summed E-state index contributed by atoms with van der Waals surface area (Å²) in [5.74, 6) is -0.645. The molecule has 1 atom stereocenters. The zero-order valence-electron chi connectivity index (χ0n) is 13.8. The highest BCUT2D eigenvalue weighted by molar-refractivity contribution is 7.14. The predicted octanol–water partition coefficient (Wildman–Crippen LogP) is 1.66. The number of rotatable bonds is 4. The summed E-state index contributed by atoms with van der Waals surface area (Å²) in [5.41, 5.74) is 6.24. The molecule has 0 saturated heterocycles. The number of carbonyl (C=O) groups is 3. The van der Waals surface area contributed by atoms with Crippen LogP contribution in [0.25, 0.3) is 0 Å². The highest BCUT2D eigenvalue weighted by Gasteiger charge is 2.20. The maximum Gasteiger partial charge on any atom is 0.279 e. The largest absolute Gasteiger partial charge is 0.472 e. The lowest BCUT2D eigenvalue weighted by molar-refractivity contribution is -0.120. The molecule has 1 unspecified atom stereocenters. The van der Waals surface area contributed by atoms with Crippen LogP contribution in [0.2, 0.25) is 0 Å². The molecule has 0 saturated carbocycles. The van der Waals surface area contributed by atoms with Crippen molar-refractivity contribution >= 4 is 29.1 Å². The van der Waals surface area contributed by atoms with E-state index in [1.165, 1.54) is 40.4 Å². The Morgan fingerprint density at radius 3 is 2.88 bits per heavy atom. The van der Waals surface area contributed by atoms with Crippen LogP contribution >= 0.6 is 11.3 Å². The van der Waals surface area contributed by atoms with Gasteiger partial charge in [-0.05, 0) is 42.9 Å². The van der Waals surface area contributed by atoms with Crippen LogP contribution in [0.15, 0.2) is 29.1 Å². The van der Waals surface area contributed by atoms with E-state index in [0.29, 0.717) is 16.4 Å². The van der Waals surface area contributed by atoms with Crippen LogP contribution in [0.1, 0.15) is 43.8 Å². The number of nitrogens with one attached hydrogen (secondary N) is 3. The molecule has 2 aromatic rings. The predicted molar refractivity (Wildman–Crippen MR) is 92.2 cm³/mol. The monoisotopic (exact) mass is 361 g/mol. The minimum Gasteiger partial charge on any atom is -0.472 e. The highest BCUT2D eigenvalue weighted by Crippen LogP contribution is 2.32. The molecule has 0 radical (unpaired) electrons. The summed E-state index contributed by atoms with van der Waals surface area (Å²) in [6.07, 6.45) is 5.79. The Kier molecular flexibility index (Phi) is 5.18. The quantitative estimate of drug-likeness (QED) is 0.721. The summed E-state index contributed by atoms with van der Waals surface area (Å²) in [5, 5.41) is 2.43. The molecule has 7 nitrogen and oxygen atoms in total. The van der Waals surface area contributed by atoms with Crippen molar-refractivity contribution in [3.05, 3.63) is 45.5 Å². The molecule has 3 rings (SSSR count). The average Bonchev–Trinajstić information content (AvgIpc) is 3.26. The fourth-order valence-corrected chi connectivity index (χ4v) is 3.81. The summed E-state index contributed by atoms with van der Waals surface area (Å²) in [6, 6.07) is 3.40. The maximum absolute atomic E-state index is 12.2. The van der Waals surface area contributed by atoms with E-state index < -0.39 is 11.8 Å². The first-order valence-electron chi connectivity index (χ1n) is 8.04. The molecule has 0 spiro atoms. The van der Waals surface area contributed by atoms with Crippen molar-refractivity contribution in [3.8, 4) is 0 Å². The van der Waals surface area contributed by atoms with Gasteiger partial charge in [0.05, 0.1) is 23.2 Å². The number of hydrogen-bond acceptors (Lipinski definition) is 5. The van der Waals surface area contributed by atoms with E-state index in [-0.39, 0.29) is 12.5 Å². The molecule has 3 N–H and O–H groups in total. The first-order valence-corrected chi connectivity index (χ1v) is 8.85. The highest BCUT2D eigenvalue weighted by atomic mass is 32.1. The molecular weight excluding hydrogens is 342 g/mol. The molecule has 1 aliphatic rings. The average molecular weight is 361 g/mol. The van der Waals surface area contributed by atoms with E-state index in [1.807, 2.05) is 6.07 Å². The summed E-state index contributed by atoms with van der Waals surface area (Å²) < 4.78 is 4.79. The van der Waals surface area contributed by atoms with Crippen LogP contribution in [-0.4, -0.2) is 24.3 Å². The smallest absolute Gasteiger partial charge is 0.279 e. The summed E-state index contributed by atoms with van der Waals surface area (Å²) in [6.45, 7) is 1.96. The molecular formula is C17H19N3O4S. The number of hydrazine groups is 1. The normalized spacial score (nSPS) is 16.0. The van der Waals surface area contributed by atoms with Crippen LogP contribution in [0.4, 0.5) is 0 Å². The second-order valence-corrected chi connectivity index (χ2v) is 7.24. The zero-order chi connectivity index (χ0) is 17.8. The number of furan rings is 1. The molecule has 1 aliphatic carbocycles. The van der Waals surface area contributed by atoms with Crippen LogP contribution in [0, 0.1) is 5.92 Å². The molecule has 2 aromatic heterocycles. The molecule has 0 aromatic carbocycles. The standard InChI is InChI=1S/C17H19N3O4S/c1-10-2-3-13-12(6-10)7-14(25-13)17(23)20-19-15(21)8-18-16(22)11-4-5-24-9-11/h4-5,7,9-10H,2-3,6,8H2,1H3,(H,18,22)(H,19,21)(H,20,23). The van der Waals surface area contributed by atoms with Gasteiger partial charge in [-0.3, -0.25) is 25.2 Å². The van der Waals surface area contributed by atoms with Gasteiger partial charge < -0.3 is 9.73 Å². The van der Waals surface area contributed by atoms with Crippen molar-refractivity contribution in [1.82, 2.24) is 16.2 Å². The number of amides is 3. The second-order valence-electron chi connectivity index (χ2n) is 6.10. The van der Waals surface area contributed by atoms with Crippen LogP contribution in [0.3, 0.4) is 0 Å². The molecule has 25 heavy (non-hydrogen) atoms. The van der Waals surface area contributed by atoms with Gasteiger partial charge in [0.15, 0.2) is 0 Å². The molecule has 2 heterocycles. The summed E-state index contributed by atoms with van der Waals surface area (Å²) in [4.78, 5) is 37.4. The summed E-state index contributed by atoms with van der Waals surface area (Å²) in [7, 11) is 0. The first-order chi connectivity index (χ1) is 12.0. The molecule has 8 heteroatoms. The lowest BCUT2D eigenvalue weighted by atomic mass is 9.90. The molecule has 3 amide bonds. The van der Waals surface area contributed by atoms with Gasteiger partial charge in [-0.25, -0.2) is 0 Å². The van der Waals surface area contributed by atoms with Gasteiger partial charge in [-0.1, -0.05) is 6.92 Å². The third-order valence-corrected chi connectivity index (χ3v) is 5.30. The van der Waals surface area contributed by atoms with Crippen molar-refractivity contribution in [2.24, 2.45) is 5.92 Å². The first kappa shape index (κ1) is 17.2. The molecule has 132 valence electrons. The Morgan fingerprint density at radius 1 is 1.28 bits per heavy atom. The fourth-order valence-electron chi connectivity index (χ4n) is 2.71. The number of aryl methyl sites for hydroxylation is 1. The number of carbonyl (C=O) groups excluding carboxylic acids is 3. The lowest BCUT2D eigenvalue weighted by Crippen LogP contribution is -2.46. The van der Waals surface area contributed by atoms with Gasteiger partial charge >= 0.3 is 0 Å². The van der Waals surface area contributed by atoms with E-state index in [0.717, 1.165) is 19.3 Å². The van der Waals surface area contributed by atoms with Crippen LogP contribution in [-0.2, 0) is 17.6 Å². The minimum atomic E-state index is -0.514. The lowest BCUT2D eigenvalue weighted by Gasteiger charge is -2.16. The molecule has 0 aliphatic heterocycles. The van der Waals surface area contributed by atoms with Crippen molar-refractivity contribution < 1.29 is 18.8 Å². The second kappa shape index (κ2) is 7.52. The van der Waals surface area contributed by atoms with Crippen molar-refractivity contribution in [3.63, 3.8) is 0 Å². The van der Waals surface area contributed by atoms with E-state index in [9.17, 15) is 14.4 Å². The SMILES string of the molecule is CC1CCc2sc(C(=O)NNC(=O)CNC(=O)c3ccoc3)cc2C1. The van der Waals surface area contributed by atoms with Crippen molar-refractivity contribution in [1.29, 1.82) is 0 Å². The van der Waals surface area contributed by atoms with Gasteiger partial charge in [0.1, 0.15) is 6.26 Å².